The van der Waals surface area contributed by atoms with Crippen LogP contribution in [0.3, 0.4) is 0 Å². The highest BCUT2D eigenvalue weighted by Crippen LogP contribution is 2.41. The van der Waals surface area contributed by atoms with Gasteiger partial charge in [-0.25, -0.2) is 0 Å². The number of aromatic hydroxyl groups is 1. The monoisotopic (exact) mass is 229 g/mol. The Kier molecular flexibility index (Phi) is 3.83. The maximum atomic E-state index is 9.93. The van der Waals surface area contributed by atoms with E-state index in [1.807, 2.05) is 13.8 Å². The molecule has 0 saturated carbocycles. The van der Waals surface area contributed by atoms with Crippen molar-refractivity contribution < 1.29 is 9.84 Å². The van der Waals surface area contributed by atoms with Gasteiger partial charge >= 0.3 is 0 Å². The summed E-state index contributed by atoms with van der Waals surface area (Å²) in [6.45, 7) is 4.22. The van der Waals surface area contributed by atoms with Gasteiger partial charge in [-0.05, 0) is 31.0 Å². The molecule has 0 bridgehead atoms. The van der Waals surface area contributed by atoms with Crippen LogP contribution in [0.2, 0.25) is 5.02 Å². The van der Waals surface area contributed by atoms with Gasteiger partial charge in [0.25, 0.3) is 0 Å². The molecule has 1 unspecified atom stereocenters. The second-order valence-electron chi connectivity index (χ2n) is 3.61. The van der Waals surface area contributed by atoms with Crippen LogP contribution in [0.4, 0.5) is 0 Å². The van der Waals surface area contributed by atoms with Crippen LogP contribution in [0.1, 0.15) is 24.0 Å². The molecule has 0 aliphatic carbocycles. The Hall–Kier alpha value is -0.930. The maximum Gasteiger partial charge on any atom is 0.162 e. The first-order valence-corrected chi connectivity index (χ1v) is 5.16. The van der Waals surface area contributed by atoms with Gasteiger partial charge in [-0.2, -0.15) is 0 Å². The van der Waals surface area contributed by atoms with Crippen molar-refractivity contribution >= 4 is 11.6 Å². The van der Waals surface area contributed by atoms with Gasteiger partial charge in [-0.1, -0.05) is 18.5 Å². The molecular weight excluding hydrogens is 214 g/mol. The van der Waals surface area contributed by atoms with Crippen molar-refractivity contribution in [1.29, 1.82) is 0 Å². The van der Waals surface area contributed by atoms with Gasteiger partial charge in [-0.15, -0.1) is 0 Å². The molecule has 1 aromatic carbocycles. The van der Waals surface area contributed by atoms with Gasteiger partial charge in [0.15, 0.2) is 11.5 Å². The zero-order valence-corrected chi connectivity index (χ0v) is 9.93. The minimum absolute atomic E-state index is 0.00583. The molecule has 0 amide bonds. The van der Waals surface area contributed by atoms with E-state index in [1.54, 1.807) is 6.07 Å². The maximum absolute atomic E-state index is 9.93. The molecule has 0 aliphatic heterocycles. The molecule has 3 nitrogen and oxygen atoms in total. The zero-order chi connectivity index (χ0) is 11.6. The van der Waals surface area contributed by atoms with Gasteiger partial charge < -0.3 is 15.6 Å². The number of rotatable bonds is 3. The number of aryl methyl sites for hydroxylation is 1. The van der Waals surface area contributed by atoms with Crippen molar-refractivity contribution in [3.05, 3.63) is 22.2 Å². The second kappa shape index (κ2) is 4.73. The number of halogens is 1. The van der Waals surface area contributed by atoms with E-state index in [1.165, 1.54) is 7.11 Å². The lowest BCUT2D eigenvalue weighted by molar-refractivity contribution is 0.368. The summed E-state index contributed by atoms with van der Waals surface area (Å²) in [5, 5.41) is 10.5. The van der Waals surface area contributed by atoms with Crippen LogP contribution in [0.25, 0.3) is 0 Å². The first-order chi connectivity index (χ1) is 7.02. The fourth-order valence-electron chi connectivity index (χ4n) is 1.50. The average Bonchev–Trinajstić information content (AvgIpc) is 2.23. The van der Waals surface area contributed by atoms with Crippen LogP contribution in [0, 0.1) is 6.92 Å². The number of nitrogens with two attached hydrogens (primary N) is 1. The van der Waals surface area contributed by atoms with Gasteiger partial charge in [0, 0.05) is 5.56 Å². The lowest BCUT2D eigenvalue weighted by Gasteiger charge is -2.17. The number of phenolic OH excluding ortho intramolecular Hbond substituents is 1. The summed E-state index contributed by atoms with van der Waals surface area (Å²) in [7, 11) is 1.51. The topological polar surface area (TPSA) is 55.5 Å². The van der Waals surface area contributed by atoms with Gasteiger partial charge in [-0.3, -0.25) is 0 Å². The molecule has 84 valence electrons. The smallest absolute Gasteiger partial charge is 0.162 e. The number of phenols is 1. The van der Waals surface area contributed by atoms with Crippen LogP contribution < -0.4 is 10.5 Å². The van der Waals surface area contributed by atoms with Crippen molar-refractivity contribution in [2.24, 2.45) is 5.73 Å². The third-order valence-electron chi connectivity index (χ3n) is 2.49. The highest BCUT2D eigenvalue weighted by atomic mass is 35.5. The summed E-state index contributed by atoms with van der Waals surface area (Å²) >= 11 is 6.13. The Morgan fingerprint density at radius 2 is 2.20 bits per heavy atom. The zero-order valence-electron chi connectivity index (χ0n) is 9.17. The minimum Gasteiger partial charge on any atom is -0.504 e. The van der Waals surface area contributed by atoms with Gasteiger partial charge in [0.2, 0.25) is 0 Å². The number of hydrogen-bond acceptors (Lipinski definition) is 3. The second-order valence-corrected chi connectivity index (χ2v) is 3.99. The van der Waals surface area contributed by atoms with Crippen LogP contribution >= 0.6 is 11.6 Å². The van der Waals surface area contributed by atoms with E-state index in [-0.39, 0.29) is 11.7 Å². The summed E-state index contributed by atoms with van der Waals surface area (Å²) < 4.78 is 5.07. The highest BCUT2D eigenvalue weighted by molar-refractivity contribution is 6.32. The normalized spacial score (nSPS) is 12.6. The molecule has 15 heavy (non-hydrogen) atoms. The molecule has 0 spiro atoms. The Balaban J connectivity index is 3.40. The molecule has 3 N–H and O–H groups in total. The van der Waals surface area contributed by atoms with Gasteiger partial charge in [0.1, 0.15) is 0 Å². The summed E-state index contributed by atoms with van der Waals surface area (Å²) in [6.07, 6.45) is 0. The minimum atomic E-state index is 0.00583. The Bertz CT molecular complexity index is 366. The summed E-state index contributed by atoms with van der Waals surface area (Å²) in [6, 6.07) is 1.71. The van der Waals surface area contributed by atoms with E-state index in [0.29, 0.717) is 22.9 Å². The molecule has 4 heteroatoms. The molecule has 0 heterocycles. The Labute approximate surface area is 94.8 Å². The standard InChI is InChI=1S/C11H16ClNO2/c1-6-4-8(15-3)11(14)9(10(6)12)7(2)5-13/h4,7,14H,5,13H2,1-3H3. The predicted molar refractivity (Wildman–Crippen MR) is 61.9 cm³/mol. The molecule has 1 atom stereocenters. The molecule has 0 aromatic heterocycles. The van der Waals surface area contributed by atoms with Crippen molar-refractivity contribution in [3.8, 4) is 11.5 Å². The number of ether oxygens (including phenoxy) is 1. The first kappa shape index (κ1) is 12.1. The number of methoxy groups -OCH3 is 1. The average molecular weight is 230 g/mol. The van der Waals surface area contributed by atoms with E-state index in [9.17, 15) is 5.11 Å². The third-order valence-corrected chi connectivity index (χ3v) is 2.99. The van der Waals surface area contributed by atoms with Crippen molar-refractivity contribution in [2.75, 3.05) is 13.7 Å². The fraction of sp³-hybridized carbons (Fsp3) is 0.455. The largest absolute Gasteiger partial charge is 0.504 e. The quantitative estimate of drug-likeness (QED) is 0.837. The predicted octanol–water partition coefficient (Wildman–Crippen LogP) is 2.42. The van der Waals surface area contributed by atoms with Crippen LogP contribution in [0.15, 0.2) is 6.07 Å². The number of hydrogen-bond donors (Lipinski definition) is 2. The van der Waals surface area contributed by atoms with E-state index >= 15 is 0 Å². The third kappa shape index (κ3) is 2.19. The fourth-order valence-corrected chi connectivity index (χ4v) is 1.83. The van der Waals surface area contributed by atoms with Gasteiger partial charge in [0.05, 0.1) is 12.1 Å². The molecule has 1 aromatic rings. The van der Waals surface area contributed by atoms with Crippen LogP contribution in [0.5, 0.6) is 11.5 Å². The van der Waals surface area contributed by atoms with E-state index in [0.717, 1.165) is 5.56 Å². The summed E-state index contributed by atoms with van der Waals surface area (Å²) in [5.74, 6) is 0.532. The molecule has 0 fully saturated rings. The summed E-state index contributed by atoms with van der Waals surface area (Å²) in [5.41, 5.74) is 7.11. The Morgan fingerprint density at radius 3 is 2.67 bits per heavy atom. The van der Waals surface area contributed by atoms with Crippen LogP contribution in [-0.4, -0.2) is 18.8 Å². The van der Waals surface area contributed by atoms with Crippen LogP contribution in [-0.2, 0) is 0 Å². The molecular formula is C11H16ClNO2. The van der Waals surface area contributed by atoms with E-state index in [4.69, 9.17) is 22.1 Å². The van der Waals surface area contributed by atoms with Crippen molar-refractivity contribution in [2.45, 2.75) is 19.8 Å². The van der Waals surface area contributed by atoms with Crippen molar-refractivity contribution in [3.63, 3.8) is 0 Å². The highest BCUT2D eigenvalue weighted by Gasteiger charge is 2.19. The SMILES string of the molecule is COc1cc(C)c(Cl)c(C(C)CN)c1O. The Morgan fingerprint density at radius 1 is 1.60 bits per heavy atom. The first-order valence-electron chi connectivity index (χ1n) is 4.78. The number of benzene rings is 1. The lowest BCUT2D eigenvalue weighted by atomic mass is 9.97. The molecule has 0 aliphatic rings. The molecule has 1 rings (SSSR count). The molecule has 0 saturated heterocycles. The van der Waals surface area contributed by atoms with Crippen molar-refractivity contribution in [1.82, 2.24) is 0 Å². The van der Waals surface area contributed by atoms with E-state index < -0.39 is 0 Å². The summed E-state index contributed by atoms with van der Waals surface area (Å²) in [4.78, 5) is 0. The molecule has 0 radical (unpaired) electrons. The van der Waals surface area contributed by atoms with E-state index in [2.05, 4.69) is 0 Å². The lowest BCUT2D eigenvalue weighted by Crippen LogP contribution is -2.10.